The summed E-state index contributed by atoms with van der Waals surface area (Å²) in [5.41, 5.74) is 4.59. The molecule has 0 saturated carbocycles. The Hall–Kier alpha value is -2.90. The number of hydrogen-bond donors (Lipinski definition) is 1. The Balaban J connectivity index is 1.92. The molecule has 2 heterocycles. The number of fused-ring (bicyclic) bond motifs is 1. The topological polar surface area (TPSA) is 57.8 Å². The van der Waals surface area contributed by atoms with E-state index in [0.29, 0.717) is 17.2 Å². The van der Waals surface area contributed by atoms with Gasteiger partial charge in [-0.1, -0.05) is 24.3 Å². The van der Waals surface area contributed by atoms with E-state index in [1.807, 2.05) is 42.5 Å². The van der Waals surface area contributed by atoms with E-state index in [2.05, 4.69) is 22.1 Å². The van der Waals surface area contributed by atoms with Crippen LogP contribution < -0.4 is 5.32 Å². The molecule has 25 heavy (non-hydrogen) atoms. The maximum Gasteiger partial charge on any atom is 0.150 e. The molecule has 0 unspecified atom stereocenters. The number of nitriles is 1. The van der Waals surface area contributed by atoms with Crippen LogP contribution in [0, 0.1) is 11.3 Å². The number of hydrogen-bond acceptors (Lipinski definition) is 3. The van der Waals surface area contributed by atoms with Gasteiger partial charge in [-0.05, 0) is 49.7 Å². The third kappa shape index (κ3) is 2.84. The minimum Gasteiger partial charge on any atom is -0.344 e. The molecule has 0 amide bonds. The Morgan fingerprint density at radius 3 is 2.76 bits per heavy atom. The van der Waals surface area contributed by atoms with Gasteiger partial charge in [-0.3, -0.25) is 4.79 Å². The molecule has 0 aliphatic carbocycles. The van der Waals surface area contributed by atoms with Crippen molar-refractivity contribution in [1.82, 2.24) is 9.88 Å². The normalized spacial score (nSPS) is 15.2. The van der Waals surface area contributed by atoms with Crippen molar-refractivity contribution in [3.05, 3.63) is 59.8 Å². The summed E-state index contributed by atoms with van der Waals surface area (Å²) in [5, 5.41) is 13.7. The number of carbonyl (C=O) groups excluding carboxylic acids is 1. The third-order valence-corrected chi connectivity index (χ3v) is 5.00. The van der Waals surface area contributed by atoms with Gasteiger partial charge in [0.25, 0.3) is 0 Å². The van der Waals surface area contributed by atoms with Crippen LogP contribution in [0.3, 0.4) is 0 Å². The predicted octanol–water partition coefficient (Wildman–Crippen LogP) is 3.92. The molecule has 2 aromatic carbocycles. The van der Waals surface area contributed by atoms with Gasteiger partial charge in [-0.15, -0.1) is 0 Å². The SMILES string of the molecule is N#Cc1cccc(-c2cn(C3CCNCC3)c3cc(C=O)ccc23)c1. The highest BCUT2D eigenvalue weighted by molar-refractivity contribution is 5.98. The minimum absolute atomic E-state index is 0.429. The summed E-state index contributed by atoms with van der Waals surface area (Å²) in [4.78, 5) is 11.2. The molecule has 1 aromatic heterocycles. The molecule has 1 fully saturated rings. The lowest BCUT2D eigenvalue weighted by atomic mass is 10.0. The van der Waals surface area contributed by atoms with E-state index in [-0.39, 0.29) is 0 Å². The summed E-state index contributed by atoms with van der Waals surface area (Å²) in [5.74, 6) is 0. The highest BCUT2D eigenvalue weighted by atomic mass is 16.1. The molecule has 0 radical (unpaired) electrons. The Labute approximate surface area is 146 Å². The molecular weight excluding hydrogens is 310 g/mol. The molecule has 1 saturated heterocycles. The molecule has 0 bridgehead atoms. The molecule has 4 nitrogen and oxygen atoms in total. The van der Waals surface area contributed by atoms with Crippen LogP contribution >= 0.6 is 0 Å². The highest BCUT2D eigenvalue weighted by Gasteiger charge is 2.19. The fraction of sp³-hybridized carbons (Fsp3) is 0.238. The zero-order valence-corrected chi connectivity index (χ0v) is 13.9. The standard InChI is InChI=1S/C21H19N3O/c22-12-15-2-1-3-17(10-15)20-13-24(18-6-8-23-9-7-18)21-11-16(14-25)4-5-19(20)21/h1-5,10-11,13-14,18,23H,6-9H2. The first-order chi connectivity index (χ1) is 12.3. The molecule has 0 atom stereocenters. The summed E-state index contributed by atoms with van der Waals surface area (Å²) in [6.45, 7) is 2.02. The molecule has 0 spiro atoms. The lowest BCUT2D eigenvalue weighted by Gasteiger charge is -2.25. The van der Waals surface area contributed by atoms with Crippen molar-refractivity contribution >= 4 is 17.2 Å². The Bertz CT molecular complexity index is 974. The second-order valence-corrected chi connectivity index (χ2v) is 6.52. The van der Waals surface area contributed by atoms with Crippen molar-refractivity contribution in [2.75, 3.05) is 13.1 Å². The van der Waals surface area contributed by atoms with Crippen LogP contribution in [0.2, 0.25) is 0 Å². The Morgan fingerprint density at radius 1 is 1.16 bits per heavy atom. The van der Waals surface area contributed by atoms with Crippen molar-refractivity contribution in [2.45, 2.75) is 18.9 Å². The fourth-order valence-electron chi connectivity index (χ4n) is 3.71. The van der Waals surface area contributed by atoms with Crippen LogP contribution in [-0.2, 0) is 0 Å². The molecule has 1 N–H and O–H groups in total. The number of aromatic nitrogens is 1. The molecule has 1 aliphatic rings. The quantitative estimate of drug-likeness (QED) is 0.741. The van der Waals surface area contributed by atoms with Gasteiger partial charge in [0.05, 0.1) is 11.6 Å². The lowest BCUT2D eigenvalue weighted by Crippen LogP contribution is -2.29. The van der Waals surface area contributed by atoms with Crippen LogP contribution in [0.5, 0.6) is 0 Å². The summed E-state index contributed by atoms with van der Waals surface area (Å²) >= 11 is 0. The first-order valence-corrected chi connectivity index (χ1v) is 8.61. The second-order valence-electron chi connectivity index (χ2n) is 6.52. The van der Waals surface area contributed by atoms with E-state index in [4.69, 9.17) is 0 Å². The molecular formula is C21H19N3O. The number of piperidine rings is 1. The summed E-state index contributed by atoms with van der Waals surface area (Å²) in [6, 6.07) is 16.2. The van der Waals surface area contributed by atoms with E-state index >= 15 is 0 Å². The van der Waals surface area contributed by atoms with E-state index in [0.717, 1.165) is 54.2 Å². The van der Waals surface area contributed by atoms with Crippen molar-refractivity contribution in [3.63, 3.8) is 0 Å². The smallest absolute Gasteiger partial charge is 0.150 e. The van der Waals surface area contributed by atoms with Crippen LogP contribution in [0.25, 0.3) is 22.0 Å². The van der Waals surface area contributed by atoms with Gasteiger partial charge in [0.1, 0.15) is 6.29 Å². The largest absolute Gasteiger partial charge is 0.344 e. The molecule has 4 rings (SSSR count). The predicted molar refractivity (Wildman–Crippen MR) is 98.6 cm³/mol. The van der Waals surface area contributed by atoms with Crippen molar-refractivity contribution < 1.29 is 4.79 Å². The Morgan fingerprint density at radius 2 is 2.00 bits per heavy atom. The number of carbonyl (C=O) groups is 1. The van der Waals surface area contributed by atoms with Crippen molar-refractivity contribution in [2.24, 2.45) is 0 Å². The van der Waals surface area contributed by atoms with Crippen molar-refractivity contribution in [1.29, 1.82) is 5.26 Å². The average molecular weight is 329 g/mol. The number of rotatable bonds is 3. The van der Waals surface area contributed by atoms with Gasteiger partial charge >= 0.3 is 0 Å². The number of benzene rings is 2. The zero-order valence-electron chi connectivity index (χ0n) is 13.9. The van der Waals surface area contributed by atoms with E-state index in [1.165, 1.54) is 0 Å². The van der Waals surface area contributed by atoms with Crippen LogP contribution in [0.1, 0.15) is 34.8 Å². The Kier molecular flexibility index (Phi) is 4.09. The molecule has 3 aromatic rings. The summed E-state index contributed by atoms with van der Waals surface area (Å²) < 4.78 is 2.32. The van der Waals surface area contributed by atoms with Gasteiger partial charge in [0, 0.05) is 34.3 Å². The molecule has 1 aliphatic heterocycles. The van der Waals surface area contributed by atoms with Gasteiger partial charge in [-0.25, -0.2) is 0 Å². The van der Waals surface area contributed by atoms with E-state index in [1.54, 1.807) is 0 Å². The number of nitrogens with zero attached hydrogens (tertiary/aromatic N) is 2. The fourth-order valence-corrected chi connectivity index (χ4v) is 3.71. The van der Waals surface area contributed by atoms with Crippen molar-refractivity contribution in [3.8, 4) is 17.2 Å². The van der Waals surface area contributed by atoms with Gasteiger partial charge in [-0.2, -0.15) is 5.26 Å². The monoisotopic (exact) mass is 329 g/mol. The summed E-state index contributed by atoms with van der Waals surface area (Å²) in [7, 11) is 0. The van der Waals surface area contributed by atoms with E-state index in [9.17, 15) is 10.1 Å². The lowest BCUT2D eigenvalue weighted by molar-refractivity contribution is 0.112. The van der Waals surface area contributed by atoms with Gasteiger partial charge in [0.15, 0.2) is 0 Å². The molecule has 4 heteroatoms. The summed E-state index contributed by atoms with van der Waals surface area (Å²) in [6.07, 6.45) is 5.24. The minimum atomic E-state index is 0.429. The zero-order chi connectivity index (χ0) is 17.2. The number of aldehydes is 1. The highest BCUT2D eigenvalue weighted by Crippen LogP contribution is 2.35. The second kappa shape index (κ2) is 6.54. The first kappa shape index (κ1) is 15.6. The van der Waals surface area contributed by atoms with Crippen LogP contribution in [-0.4, -0.2) is 23.9 Å². The van der Waals surface area contributed by atoms with Crippen LogP contribution in [0.15, 0.2) is 48.7 Å². The maximum atomic E-state index is 11.2. The first-order valence-electron chi connectivity index (χ1n) is 8.61. The van der Waals surface area contributed by atoms with Crippen LogP contribution in [0.4, 0.5) is 0 Å². The average Bonchev–Trinajstić information content (AvgIpc) is 3.07. The molecule has 124 valence electrons. The third-order valence-electron chi connectivity index (χ3n) is 5.00. The van der Waals surface area contributed by atoms with Gasteiger partial charge in [0.2, 0.25) is 0 Å². The number of nitrogens with one attached hydrogen (secondary N) is 1. The van der Waals surface area contributed by atoms with E-state index < -0.39 is 0 Å². The van der Waals surface area contributed by atoms with Gasteiger partial charge < -0.3 is 9.88 Å². The maximum absolute atomic E-state index is 11.2.